The molecule has 164 valence electrons. The van der Waals surface area contributed by atoms with Gasteiger partial charge < -0.3 is 19.3 Å². The van der Waals surface area contributed by atoms with Crippen molar-refractivity contribution in [2.45, 2.75) is 69.7 Å². The maximum Gasteiger partial charge on any atom is 0.409 e. The molecule has 29 heavy (non-hydrogen) atoms. The fourth-order valence-electron chi connectivity index (χ4n) is 6.00. The van der Waals surface area contributed by atoms with Gasteiger partial charge >= 0.3 is 12.1 Å². The number of hydrogen-bond donors (Lipinski definition) is 0. The van der Waals surface area contributed by atoms with Crippen LogP contribution in [0.1, 0.15) is 45.4 Å². The number of piperidine rings is 1. The fourth-order valence-corrected chi connectivity index (χ4v) is 6.00. The average molecular weight is 412 g/mol. The lowest BCUT2D eigenvalue weighted by atomic mass is 9.64. The van der Waals surface area contributed by atoms with E-state index in [1.165, 1.54) is 7.11 Å². The number of amides is 1. The molecule has 1 aliphatic carbocycles. The molecule has 0 aromatic carbocycles. The van der Waals surface area contributed by atoms with Crippen LogP contribution < -0.4 is 0 Å². The molecule has 3 aliphatic heterocycles. The lowest BCUT2D eigenvalue weighted by Gasteiger charge is -2.52. The van der Waals surface area contributed by atoms with Gasteiger partial charge in [0.2, 0.25) is 0 Å². The van der Waals surface area contributed by atoms with Crippen LogP contribution in [-0.2, 0) is 14.3 Å². The summed E-state index contributed by atoms with van der Waals surface area (Å²) >= 11 is 0. The van der Waals surface area contributed by atoms with Crippen molar-refractivity contribution in [3.05, 3.63) is 0 Å². The van der Waals surface area contributed by atoms with E-state index in [0.717, 1.165) is 58.3 Å². The highest BCUT2D eigenvalue weighted by Crippen LogP contribution is 2.50. The van der Waals surface area contributed by atoms with Crippen molar-refractivity contribution in [2.75, 3.05) is 46.4 Å². The van der Waals surface area contributed by atoms with Crippen LogP contribution in [0.2, 0.25) is 0 Å². The Morgan fingerprint density at radius 2 is 1.86 bits per heavy atom. The monoisotopic (exact) mass is 411 g/mol. The lowest BCUT2D eigenvalue weighted by Crippen LogP contribution is -2.56. The molecular weight excluding hydrogens is 377 g/mol. The summed E-state index contributed by atoms with van der Waals surface area (Å²) in [6.45, 7) is 6.24. The van der Waals surface area contributed by atoms with E-state index in [1.54, 1.807) is 0 Å². The Bertz CT molecular complexity index is 619. The first kappa shape index (κ1) is 20.8. The second-order valence-electron chi connectivity index (χ2n) is 9.27. The lowest BCUT2D eigenvalue weighted by molar-refractivity contribution is -0.147. The summed E-state index contributed by atoms with van der Waals surface area (Å²) in [6.07, 6.45) is 4.46. The number of alkyl halides is 1. The van der Waals surface area contributed by atoms with E-state index in [-0.39, 0.29) is 29.9 Å². The molecule has 0 bridgehead atoms. The van der Waals surface area contributed by atoms with Crippen molar-refractivity contribution < 1.29 is 23.5 Å². The van der Waals surface area contributed by atoms with Crippen LogP contribution in [0.3, 0.4) is 0 Å². The second kappa shape index (κ2) is 8.38. The molecule has 7 nitrogen and oxygen atoms in total. The molecule has 2 atom stereocenters. The van der Waals surface area contributed by atoms with Crippen molar-refractivity contribution in [3.63, 3.8) is 0 Å². The van der Waals surface area contributed by atoms with Gasteiger partial charge in [-0.1, -0.05) is 0 Å². The van der Waals surface area contributed by atoms with Gasteiger partial charge in [-0.25, -0.2) is 9.18 Å². The number of carbonyl (C=O) groups is 2. The van der Waals surface area contributed by atoms with Gasteiger partial charge in [0.05, 0.1) is 13.7 Å². The number of carbonyl (C=O) groups excluding carboxylic acids is 2. The molecular formula is C21H34FN3O4. The van der Waals surface area contributed by atoms with Crippen LogP contribution in [0.25, 0.3) is 0 Å². The van der Waals surface area contributed by atoms with E-state index < -0.39 is 12.2 Å². The van der Waals surface area contributed by atoms with Crippen LogP contribution in [0, 0.1) is 5.41 Å². The minimum absolute atomic E-state index is 0.175. The molecule has 0 N–H and O–H groups in total. The molecule has 0 unspecified atom stereocenters. The third-order valence-electron chi connectivity index (χ3n) is 7.55. The molecule has 3 saturated heterocycles. The Labute approximate surface area is 172 Å². The van der Waals surface area contributed by atoms with Crippen LogP contribution in [0.15, 0.2) is 0 Å². The molecule has 1 spiro atoms. The second-order valence-corrected chi connectivity index (χ2v) is 9.27. The zero-order valence-electron chi connectivity index (χ0n) is 17.6. The summed E-state index contributed by atoms with van der Waals surface area (Å²) in [6, 6.07) is 0.420. The van der Waals surface area contributed by atoms with Crippen molar-refractivity contribution in [2.24, 2.45) is 5.41 Å². The SMILES string of the molecule is CCOC(=O)N1CCC2(CC(N3CCC(N4C[C@@H](F)C[C@@H]4C(=O)OC)CC3)C2)C1. The van der Waals surface area contributed by atoms with Crippen molar-refractivity contribution in [1.29, 1.82) is 0 Å². The molecule has 3 heterocycles. The van der Waals surface area contributed by atoms with Crippen LogP contribution in [-0.4, -0.2) is 97.5 Å². The first-order chi connectivity index (χ1) is 13.9. The van der Waals surface area contributed by atoms with E-state index in [9.17, 15) is 14.0 Å². The third kappa shape index (κ3) is 4.10. The highest BCUT2D eigenvalue weighted by Gasteiger charge is 2.52. The zero-order valence-corrected chi connectivity index (χ0v) is 17.6. The summed E-state index contributed by atoms with van der Waals surface area (Å²) in [5.74, 6) is -0.305. The maximum absolute atomic E-state index is 14.0. The quantitative estimate of drug-likeness (QED) is 0.660. The van der Waals surface area contributed by atoms with Gasteiger partial charge in [-0.3, -0.25) is 9.69 Å². The van der Waals surface area contributed by atoms with E-state index in [2.05, 4.69) is 4.90 Å². The minimum Gasteiger partial charge on any atom is -0.468 e. The number of rotatable bonds is 4. The number of halogens is 1. The van der Waals surface area contributed by atoms with Crippen molar-refractivity contribution >= 4 is 12.1 Å². The molecule has 0 radical (unpaired) electrons. The molecule has 4 aliphatic rings. The first-order valence-corrected chi connectivity index (χ1v) is 11.1. The topological polar surface area (TPSA) is 62.3 Å². The third-order valence-corrected chi connectivity index (χ3v) is 7.55. The standard InChI is InChI=1S/C21H34FN3O4/c1-3-29-20(27)24-9-6-21(14-24)11-17(12-21)23-7-4-16(5-8-23)25-13-15(22)10-18(25)19(26)28-2/h15-18H,3-14H2,1-2H3/t15-,17?,18+,21?/m0/s1. The van der Waals surface area contributed by atoms with Crippen molar-refractivity contribution in [1.82, 2.24) is 14.7 Å². The Hall–Kier alpha value is -1.41. The molecule has 4 fully saturated rings. The Morgan fingerprint density at radius 1 is 1.14 bits per heavy atom. The molecule has 1 saturated carbocycles. The molecule has 8 heteroatoms. The van der Waals surface area contributed by atoms with Crippen molar-refractivity contribution in [3.8, 4) is 0 Å². The normalized spacial score (nSPS) is 36.4. The smallest absolute Gasteiger partial charge is 0.409 e. The van der Waals surface area contributed by atoms with Crippen LogP contribution in [0.4, 0.5) is 9.18 Å². The summed E-state index contributed by atoms with van der Waals surface area (Å²) < 4.78 is 24.0. The Balaban J connectivity index is 1.24. The summed E-state index contributed by atoms with van der Waals surface area (Å²) in [7, 11) is 1.38. The molecule has 0 aromatic heterocycles. The predicted molar refractivity (Wildman–Crippen MR) is 105 cm³/mol. The summed E-state index contributed by atoms with van der Waals surface area (Å²) in [5, 5.41) is 0. The number of hydrogen-bond acceptors (Lipinski definition) is 6. The van der Waals surface area contributed by atoms with Gasteiger partial charge in [0, 0.05) is 38.1 Å². The van der Waals surface area contributed by atoms with Gasteiger partial charge in [-0.2, -0.15) is 0 Å². The van der Waals surface area contributed by atoms with Gasteiger partial charge in [0.1, 0.15) is 12.2 Å². The zero-order chi connectivity index (χ0) is 20.6. The maximum atomic E-state index is 14.0. The number of nitrogens with zero attached hydrogens (tertiary/aromatic N) is 3. The number of methoxy groups -OCH3 is 1. The van der Waals surface area contributed by atoms with Gasteiger partial charge in [-0.15, -0.1) is 0 Å². The van der Waals surface area contributed by atoms with Gasteiger partial charge in [0.25, 0.3) is 0 Å². The molecule has 1 amide bonds. The van der Waals surface area contributed by atoms with Crippen LogP contribution in [0.5, 0.6) is 0 Å². The summed E-state index contributed by atoms with van der Waals surface area (Å²) in [4.78, 5) is 30.5. The highest BCUT2D eigenvalue weighted by molar-refractivity contribution is 5.76. The Kier molecular flexibility index (Phi) is 6.02. The number of likely N-dealkylation sites (tertiary alicyclic amines) is 3. The molecule has 4 rings (SSSR count). The molecule has 0 aromatic rings. The van der Waals surface area contributed by atoms with E-state index in [1.807, 2.05) is 16.7 Å². The fraction of sp³-hybridized carbons (Fsp3) is 0.905. The average Bonchev–Trinajstić information content (AvgIpc) is 3.31. The van der Waals surface area contributed by atoms with Gasteiger partial charge in [-0.05, 0) is 57.5 Å². The first-order valence-electron chi connectivity index (χ1n) is 11.1. The van der Waals surface area contributed by atoms with E-state index in [0.29, 0.717) is 19.2 Å². The largest absolute Gasteiger partial charge is 0.468 e. The number of ether oxygens (including phenoxy) is 2. The van der Waals surface area contributed by atoms with Crippen LogP contribution >= 0.6 is 0 Å². The van der Waals surface area contributed by atoms with E-state index in [4.69, 9.17) is 9.47 Å². The number of esters is 1. The predicted octanol–water partition coefficient (Wildman–Crippen LogP) is 2.05. The summed E-state index contributed by atoms with van der Waals surface area (Å²) in [5.41, 5.74) is 0.278. The minimum atomic E-state index is -0.937. The Morgan fingerprint density at radius 3 is 2.52 bits per heavy atom. The van der Waals surface area contributed by atoms with E-state index >= 15 is 0 Å². The highest BCUT2D eigenvalue weighted by atomic mass is 19.1. The van der Waals surface area contributed by atoms with Gasteiger partial charge in [0.15, 0.2) is 0 Å².